The van der Waals surface area contributed by atoms with E-state index < -0.39 is 11.2 Å². The minimum Gasteiger partial charge on any atom is -0.304 e. The Hall–Kier alpha value is -3.48. The average Bonchev–Trinajstić information content (AvgIpc) is 2.95. The number of rotatable bonds is 2. The number of H-pyrrole nitrogens is 2. The predicted octanol–water partition coefficient (Wildman–Crippen LogP) is 1.77. The molecule has 0 saturated carbocycles. The largest absolute Gasteiger partial charge is 0.326 e. The Morgan fingerprint density at radius 2 is 1.79 bits per heavy atom. The van der Waals surface area contributed by atoms with Gasteiger partial charge in [0.15, 0.2) is 5.82 Å². The molecule has 0 radical (unpaired) electrons. The molecule has 0 amide bonds. The van der Waals surface area contributed by atoms with Crippen LogP contribution in [0.5, 0.6) is 0 Å². The maximum atomic E-state index is 11.6. The summed E-state index contributed by atoms with van der Waals surface area (Å²) < 4.78 is 1.64. The number of fused-ring (bicyclic) bond motifs is 1. The van der Waals surface area contributed by atoms with Crippen LogP contribution in [0.2, 0.25) is 0 Å². The molecule has 7 heteroatoms. The lowest BCUT2D eigenvalue weighted by atomic mass is 10.1. The fourth-order valence-electron chi connectivity index (χ4n) is 2.74. The van der Waals surface area contributed by atoms with Gasteiger partial charge in [-0.1, -0.05) is 36.4 Å². The van der Waals surface area contributed by atoms with Crippen LogP contribution in [0.1, 0.15) is 5.82 Å². The summed E-state index contributed by atoms with van der Waals surface area (Å²) in [5.41, 5.74) is 0.0728. The lowest BCUT2D eigenvalue weighted by molar-refractivity contribution is 0.869. The molecule has 4 rings (SSSR count). The molecule has 0 saturated heterocycles. The quantitative estimate of drug-likeness (QED) is 0.588. The Morgan fingerprint density at radius 3 is 2.62 bits per heavy atom. The van der Waals surface area contributed by atoms with E-state index in [1.807, 2.05) is 42.5 Å². The zero-order chi connectivity index (χ0) is 16.7. The third kappa shape index (κ3) is 2.32. The summed E-state index contributed by atoms with van der Waals surface area (Å²) in [6.07, 6.45) is 0. The molecule has 2 aromatic heterocycles. The second-order valence-electron chi connectivity index (χ2n) is 5.39. The summed E-state index contributed by atoms with van der Waals surface area (Å²) in [5.74, 6) is 0.950. The number of hydrogen-bond donors (Lipinski definition) is 2. The van der Waals surface area contributed by atoms with E-state index in [-0.39, 0.29) is 0 Å². The van der Waals surface area contributed by atoms with Crippen molar-refractivity contribution in [2.45, 2.75) is 6.92 Å². The van der Waals surface area contributed by atoms with Gasteiger partial charge in [-0.25, -0.2) is 14.5 Å². The zero-order valence-corrected chi connectivity index (χ0v) is 12.8. The van der Waals surface area contributed by atoms with Crippen LogP contribution in [-0.4, -0.2) is 24.7 Å². The van der Waals surface area contributed by atoms with Gasteiger partial charge < -0.3 is 4.98 Å². The summed E-state index contributed by atoms with van der Waals surface area (Å²) in [7, 11) is 0. The Kier molecular flexibility index (Phi) is 3.13. The normalized spacial score (nSPS) is 11.0. The number of benzene rings is 2. The molecule has 0 atom stereocenters. The molecule has 0 spiro atoms. The molecule has 2 N–H and O–H groups in total. The van der Waals surface area contributed by atoms with E-state index in [0.717, 1.165) is 16.5 Å². The molecule has 0 bridgehead atoms. The topological polar surface area (TPSA) is 96.4 Å². The molecular formula is C17H13N5O2. The van der Waals surface area contributed by atoms with Crippen LogP contribution in [-0.2, 0) is 0 Å². The van der Waals surface area contributed by atoms with Crippen LogP contribution in [0.3, 0.4) is 0 Å². The van der Waals surface area contributed by atoms with Crippen LogP contribution in [0, 0.1) is 6.92 Å². The number of hydrogen-bond acceptors (Lipinski definition) is 4. The van der Waals surface area contributed by atoms with Gasteiger partial charge in [0.25, 0.3) is 5.56 Å². The molecule has 0 fully saturated rings. The van der Waals surface area contributed by atoms with Crippen molar-refractivity contribution in [3.63, 3.8) is 0 Å². The maximum Gasteiger partial charge on any atom is 0.326 e. The summed E-state index contributed by atoms with van der Waals surface area (Å²) >= 11 is 0. The Balaban J connectivity index is 2.03. The average molecular weight is 319 g/mol. The van der Waals surface area contributed by atoms with Gasteiger partial charge in [-0.2, -0.15) is 5.10 Å². The third-order valence-electron chi connectivity index (χ3n) is 3.71. The second-order valence-corrected chi connectivity index (χ2v) is 5.39. The Labute approximate surface area is 135 Å². The van der Waals surface area contributed by atoms with Gasteiger partial charge in [0.1, 0.15) is 5.82 Å². The molecule has 4 aromatic rings. The van der Waals surface area contributed by atoms with Crippen molar-refractivity contribution in [3.8, 4) is 17.2 Å². The van der Waals surface area contributed by atoms with E-state index in [9.17, 15) is 9.59 Å². The zero-order valence-electron chi connectivity index (χ0n) is 12.8. The first-order valence-electron chi connectivity index (χ1n) is 7.37. The summed E-state index contributed by atoms with van der Waals surface area (Å²) in [5, 5.41) is 6.50. The Morgan fingerprint density at radius 1 is 1.00 bits per heavy atom. The fraction of sp³-hybridized carbons (Fsp3) is 0.0588. The highest BCUT2D eigenvalue weighted by molar-refractivity contribution is 5.90. The van der Waals surface area contributed by atoms with Crippen LogP contribution in [0.4, 0.5) is 0 Å². The lowest BCUT2D eigenvalue weighted by Gasteiger charge is -2.09. The molecular weight excluding hydrogens is 306 g/mol. The summed E-state index contributed by atoms with van der Waals surface area (Å²) in [6.45, 7) is 1.76. The minimum atomic E-state index is -0.581. The molecule has 7 nitrogen and oxygen atoms in total. The van der Waals surface area contributed by atoms with Crippen molar-refractivity contribution in [1.29, 1.82) is 0 Å². The maximum absolute atomic E-state index is 11.6. The third-order valence-corrected chi connectivity index (χ3v) is 3.71. The summed E-state index contributed by atoms with van der Waals surface area (Å²) in [6, 6.07) is 15.1. The van der Waals surface area contributed by atoms with Crippen LogP contribution >= 0.6 is 0 Å². The minimum absolute atomic E-state index is 0.317. The number of nitrogens with zero attached hydrogens (tertiary/aromatic N) is 3. The van der Waals surface area contributed by atoms with E-state index in [1.54, 1.807) is 11.6 Å². The molecule has 0 aliphatic heterocycles. The smallest absolute Gasteiger partial charge is 0.304 e. The van der Waals surface area contributed by atoms with E-state index in [1.165, 1.54) is 6.07 Å². The lowest BCUT2D eigenvalue weighted by Crippen LogP contribution is -2.22. The van der Waals surface area contributed by atoms with Gasteiger partial charge in [-0.3, -0.25) is 9.78 Å². The van der Waals surface area contributed by atoms with E-state index in [4.69, 9.17) is 0 Å². The highest BCUT2D eigenvalue weighted by atomic mass is 16.2. The summed E-state index contributed by atoms with van der Waals surface area (Å²) in [4.78, 5) is 32.3. The van der Waals surface area contributed by atoms with Crippen molar-refractivity contribution in [2.75, 3.05) is 0 Å². The van der Waals surface area contributed by atoms with Gasteiger partial charge in [0, 0.05) is 11.5 Å². The standard InChI is InChI=1S/C17H13N5O2/c1-10-18-16(13-9-15(23)20-17(24)19-13)22(21-10)14-8-4-6-11-5-2-3-7-12(11)14/h2-9H,1H3,(H2,19,20,23,24). The predicted molar refractivity (Wildman–Crippen MR) is 90.3 cm³/mol. The van der Waals surface area contributed by atoms with Crippen molar-refractivity contribution < 1.29 is 0 Å². The van der Waals surface area contributed by atoms with E-state index >= 15 is 0 Å². The van der Waals surface area contributed by atoms with Gasteiger partial charge in [-0.05, 0) is 18.4 Å². The number of aromatic nitrogens is 5. The van der Waals surface area contributed by atoms with Gasteiger partial charge in [0.2, 0.25) is 0 Å². The van der Waals surface area contributed by atoms with Crippen molar-refractivity contribution >= 4 is 10.8 Å². The monoisotopic (exact) mass is 319 g/mol. The first-order valence-corrected chi connectivity index (χ1v) is 7.37. The molecule has 0 unspecified atom stereocenters. The van der Waals surface area contributed by atoms with E-state index in [0.29, 0.717) is 17.3 Å². The molecule has 118 valence electrons. The van der Waals surface area contributed by atoms with Crippen LogP contribution < -0.4 is 11.2 Å². The highest BCUT2D eigenvalue weighted by Gasteiger charge is 2.15. The van der Waals surface area contributed by atoms with E-state index in [2.05, 4.69) is 20.1 Å². The van der Waals surface area contributed by atoms with Crippen molar-refractivity contribution in [2.24, 2.45) is 0 Å². The number of nitrogens with one attached hydrogen (secondary N) is 2. The van der Waals surface area contributed by atoms with Gasteiger partial charge in [0.05, 0.1) is 11.4 Å². The Bertz CT molecular complexity index is 1140. The van der Waals surface area contributed by atoms with Gasteiger partial charge >= 0.3 is 5.69 Å². The first kappa shape index (κ1) is 14.1. The molecule has 2 aromatic carbocycles. The molecule has 0 aliphatic rings. The fourth-order valence-corrected chi connectivity index (χ4v) is 2.74. The highest BCUT2D eigenvalue weighted by Crippen LogP contribution is 2.25. The van der Waals surface area contributed by atoms with Crippen LogP contribution in [0.25, 0.3) is 28.0 Å². The SMILES string of the molecule is Cc1nc(-c2cc(=O)[nH]c(=O)[nH]2)n(-c2cccc3ccccc23)n1. The number of aromatic amines is 2. The molecule has 2 heterocycles. The second kappa shape index (κ2) is 5.31. The number of aryl methyl sites for hydroxylation is 1. The van der Waals surface area contributed by atoms with Gasteiger partial charge in [-0.15, -0.1) is 0 Å². The first-order chi connectivity index (χ1) is 11.6. The van der Waals surface area contributed by atoms with Crippen molar-refractivity contribution in [3.05, 3.63) is 75.2 Å². The molecule has 24 heavy (non-hydrogen) atoms. The molecule has 0 aliphatic carbocycles. The van der Waals surface area contributed by atoms with Crippen LogP contribution in [0.15, 0.2) is 58.1 Å². The van der Waals surface area contributed by atoms with Crippen molar-refractivity contribution in [1.82, 2.24) is 24.7 Å².